The van der Waals surface area contributed by atoms with Crippen molar-refractivity contribution >= 4 is 28.3 Å². The Hall–Kier alpha value is -2.28. The molecule has 3 atom stereocenters. The lowest BCUT2D eigenvalue weighted by atomic mass is 9.94. The highest BCUT2D eigenvalue weighted by molar-refractivity contribution is 7.18. The van der Waals surface area contributed by atoms with Crippen molar-refractivity contribution in [2.24, 2.45) is 11.8 Å². The average Bonchev–Trinajstić information content (AvgIpc) is 3.21. The number of carbonyl (C=O) groups is 2. The van der Waals surface area contributed by atoms with E-state index in [0.29, 0.717) is 5.13 Å². The molecule has 0 bridgehead atoms. The number of anilines is 1. The van der Waals surface area contributed by atoms with Gasteiger partial charge in [-0.15, -0.1) is 10.2 Å². The number of nitrogens with zero attached hydrogens (tertiary/aromatic N) is 2. The molecule has 2 rings (SSSR count). The van der Waals surface area contributed by atoms with Gasteiger partial charge in [0.05, 0.1) is 0 Å². The van der Waals surface area contributed by atoms with Gasteiger partial charge < -0.3 is 5.32 Å². The monoisotopic (exact) mass is 416 g/mol. The van der Waals surface area contributed by atoms with Gasteiger partial charge in [-0.2, -0.15) is 0 Å². The summed E-state index contributed by atoms with van der Waals surface area (Å²) in [5.74, 6) is -0.317. The molecule has 0 aliphatic carbocycles. The number of unbranched alkanes of at least 4 members (excludes halogenated alkanes) is 1. The minimum absolute atomic E-state index is 0.0177. The first-order valence-electron chi connectivity index (χ1n) is 10.5. The van der Waals surface area contributed by atoms with Crippen LogP contribution in [0.5, 0.6) is 0 Å². The molecule has 1 aromatic heterocycles. The Bertz CT molecular complexity index is 778. The van der Waals surface area contributed by atoms with E-state index in [1.165, 1.54) is 11.3 Å². The van der Waals surface area contributed by atoms with Crippen molar-refractivity contribution in [1.82, 2.24) is 15.5 Å². The summed E-state index contributed by atoms with van der Waals surface area (Å²) in [6.45, 7) is 8.13. The molecule has 0 unspecified atom stereocenters. The smallest absolute Gasteiger partial charge is 0.249 e. The van der Waals surface area contributed by atoms with Crippen molar-refractivity contribution in [2.45, 2.75) is 65.8 Å². The van der Waals surface area contributed by atoms with Crippen LogP contribution in [0.25, 0.3) is 10.6 Å². The van der Waals surface area contributed by atoms with Gasteiger partial charge in [0.15, 0.2) is 0 Å². The minimum atomic E-state index is -0.591. The summed E-state index contributed by atoms with van der Waals surface area (Å²) in [6, 6.07) is 9.13. The van der Waals surface area contributed by atoms with Gasteiger partial charge in [0.25, 0.3) is 0 Å². The largest absolute Gasteiger partial charge is 0.344 e. The molecule has 0 spiro atoms. The lowest BCUT2D eigenvalue weighted by Gasteiger charge is -2.25. The number of nitrogens with one attached hydrogen (secondary N) is 2. The fourth-order valence-electron chi connectivity index (χ4n) is 3.10. The van der Waals surface area contributed by atoms with Crippen molar-refractivity contribution in [3.63, 3.8) is 0 Å². The number of hydrogen-bond donors (Lipinski definition) is 2. The van der Waals surface area contributed by atoms with Crippen LogP contribution >= 0.6 is 11.3 Å². The highest BCUT2D eigenvalue weighted by atomic mass is 32.1. The van der Waals surface area contributed by atoms with E-state index < -0.39 is 6.04 Å². The minimum Gasteiger partial charge on any atom is -0.344 e. The van der Waals surface area contributed by atoms with Gasteiger partial charge >= 0.3 is 0 Å². The Morgan fingerprint density at radius 2 is 1.76 bits per heavy atom. The molecule has 0 fully saturated rings. The average molecular weight is 417 g/mol. The van der Waals surface area contributed by atoms with E-state index in [1.54, 1.807) is 0 Å². The molecule has 2 amide bonds. The SMILES string of the molecule is CCCC[C@@H](CC)C(=O)N[C@@H](C(=O)Nc1nnc(-c2ccccc2)s1)[C@@H](C)CC. The van der Waals surface area contributed by atoms with Gasteiger partial charge in [0, 0.05) is 11.5 Å². The first-order valence-corrected chi connectivity index (χ1v) is 11.3. The van der Waals surface area contributed by atoms with Crippen LogP contribution in [0.4, 0.5) is 5.13 Å². The number of aromatic nitrogens is 2. The Morgan fingerprint density at radius 3 is 2.38 bits per heavy atom. The maximum absolute atomic E-state index is 12.9. The molecule has 6 nitrogen and oxygen atoms in total. The van der Waals surface area contributed by atoms with Crippen molar-refractivity contribution in [2.75, 3.05) is 5.32 Å². The van der Waals surface area contributed by atoms with Gasteiger partial charge in [0.2, 0.25) is 16.9 Å². The van der Waals surface area contributed by atoms with Crippen LogP contribution < -0.4 is 10.6 Å². The van der Waals surface area contributed by atoms with Crippen LogP contribution in [0.2, 0.25) is 0 Å². The zero-order valence-corrected chi connectivity index (χ0v) is 18.6. The molecule has 0 aliphatic rings. The maximum Gasteiger partial charge on any atom is 0.249 e. The van der Waals surface area contributed by atoms with Crippen LogP contribution in [-0.2, 0) is 9.59 Å². The fraction of sp³-hybridized carbons (Fsp3) is 0.545. The molecule has 0 saturated carbocycles. The Labute approximate surface area is 177 Å². The van der Waals surface area contributed by atoms with Crippen LogP contribution in [0.1, 0.15) is 59.8 Å². The van der Waals surface area contributed by atoms with Crippen molar-refractivity contribution in [3.05, 3.63) is 30.3 Å². The van der Waals surface area contributed by atoms with Crippen molar-refractivity contribution < 1.29 is 9.59 Å². The zero-order chi connectivity index (χ0) is 21.2. The highest BCUT2D eigenvalue weighted by Gasteiger charge is 2.29. The molecule has 1 heterocycles. The van der Waals surface area contributed by atoms with Crippen LogP contribution in [0, 0.1) is 11.8 Å². The molecular formula is C22H32N4O2S. The second-order valence-electron chi connectivity index (χ2n) is 7.39. The maximum atomic E-state index is 12.9. The van der Waals surface area contributed by atoms with Crippen molar-refractivity contribution in [1.29, 1.82) is 0 Å². The lowest BCUT2D eigenvalue weighted by molar-refractivity contribution is -0.130. The van der Waals surface area contributed by atoms with Crippen molar-refractivity contribution in [3.8, 4) is 10.6 Å². The third-order valence-electron chi connectivity index (χ3n) is 5.24. The fourth-order valence-corrected chi connectivity index (χ4v) is 3.85. The number of hydrogen-bond acceptors (Lipinski definition) is 5. The van der Waals surface area contributed by atoms with Crippen LogP contribution in [0.3, 0.4) is 0 Å². The zero-order valence-electron chi connectivity index (χ0n) is 17.8. The number of amides is 2. The van der Waals surface area contributed by atoms with E-state index in [-0.39, 0.29) is 23.7 Å². The normalized spacial score (nSPS) is 14.1. The number of benzene rings is 1. The topological polar surface area (TPSA) is 84.0 Å². The second-order valence-corrected chi connectivity index (χ2v) is 8.36. The molecule has 7 heteroatoms. The third kappa shape index (κ3) is 6.63. The summed E-state index contributed by atoms with van der Waals surface area (Å²) >= 11 is 1.32. The van der Waals surface area contributed by atoms with Crippen LogP contribution in [0.15, 0.2) is 30.3 Å². The summed E-state index contributed by atoms with van der Waals surface area (Å²) in [4.78, 5) is 25.7. The summed E-state index contributed by atoms with van der Waals surface area (Å²) in [6.07, 6.45) is 4.48. The Balaban J connectivity index is 2.07. The molecule has 0 radical (unpaired) electrons. The molecule has 2 N–H and O–H groups in total. The lowest BCUT2D eigenvalue weighted by Crippen LogP contribution is -2.49. The Kier molecular flexibility index (Phi) is 9.25. The van der Waals surface area contributed by atoms with Gasteiger partial charge in [-0.05, 0) is 18.8 Å². The van der Waals surface area contributed by atoms with Gasteiger partial charge in [-0.3, -0.25) is 14.9 Å². The molecule has 1 aromatic carbocycles. The first-order chi connectivity index (χ1) is 14.0. The van der Waals surface area contributed by atoms with E-state index in [4.69, 9.17) is 0 Å². The predicted molar refractivity (Wildman–Crippen MR) is 119 cm³/mol. The second kappa shape index (κ2) is 11.7. The molecule has 158 valence electrons. The first kappa shape index (κ1) is 23.0. The quantitative estimate of drug-likeness (QED) is 0.546. The summed E-state index contributed by atoms with van der Waals surface area (Å²) < 4.78 is 0. The van der Waals surface area contributed by atoms with Crippen LogP contribution in [-0.4, -0.2) is 28.1 Å². The third-order valence-corrected chi connectivity index (χ3v) is 6.13. The molecule has 0 aliphatic heterocycles. The summed E-state index contributed by atoms with van der Waals surface area (Å²) in [5, 5.41) is 15.3. The molecule has 29 heavy (non-hydrogen) atoms. The number of carbonyl (C=O) groups excluding carboxylic acids is 2. The van der Waals surface area contributed by atoms with E-state index in [1.807, 2.05) is 51.1 Å². The van der Waals surface area contributed by atoms with E-state index in [0.717, 1.165) is 42.7 Å². The van der Waals surface area contributed by atoms with Gasteiger partial charge in [-0.25, -0.2) is 0 Å². The number of rotatable bonds is 11. The summed E-state index contributed by atoms with van der Waals surface area (Å²) in [5.41, 5.74) is 0.957. The predicted octanol–water partition coefficient (Wildman–Crippen LogP) is 4.89. The molecule has 0 saturated heterocycles. The highest BCUT2D eigenvalue weighted by Crippen LogP contribution is 2.26. The van der Waals surface area contributed by atoms with Gasteiger partial charge in [0.1, 0.15) is 11.0 Å². The Morgan fingerprint density at radius 1 is 1.03 bits per heavy atom. The summed E-state index contributed by atoms with van der Waals surface area (Å²) in [7, 11) is 0. The van der Waals surface area contributed by atoms with E-state index >= 15 is 0 Å². The van der Waals surface area contributed by atoms with E-state index in [9.17, 15) is 9.59 Å². The van der Waals surface area contributed by atoms with Gasteiger partial charge in [-0.1, -0.05) is 88.6 Å². The standard InChI is InChI=1S/C22H32N4O2S/c1-5-8-12-16(7-3)19(27)23-18(15(4)6-2)20(28)24-22-26-25-21(29-22)17-13-10-9-11-14-17/h9-11,13-16,18H,5-8,12H2,1-4H3,(H,23,27)(H,24,26,28)/t15-,16+,18+/m0/s1. The van der Waals surface area contributed by atoms with E-state index in [2.05, 4.69) is 27.8 Å². The molecule has 2 aromatic rings. The molecular weight excluding hydrogens is 384 g/mol.